The SMILES string of the molecule is Cc1cc(C)cc(-n2ncc3c(OCC(=O)N4CCOCC4)ncnc32)c1. The van der Waals surface area contributed by atoms with Gasteiger partial charge >= 0.3 is 0 Å². The van der Waals surface area contributed by atoms with Crippen LogP contribution in [0.15, 0.2) is 30.7 Å². The minimum atomic E-state index is -0.0771. The molecule has 140 valence electrons. The molecule has 1 aliphatic rings. The van der Waals surface area contributed by atoms with Crippen molar-refractivity contribution in [3.05, 3.63) is 41.9 Å². The zero-order chi connectivity index (χ0) is 18.8. The molecule has 3 aromatic rings. The average Bonchev–Trinajstić information content (AvgIpc) is 3.11. The molecule has 27 heavy (non-hydrogen) atoms. The van der Waals surface area contributed by atoms with E-state index in [9.17, 15) is 4.79 Å². The molecule has 1 saturated heterocycles. The number of aromatic nitrogens is 4. The van der Waals surface area contributed by atoms with Crippen molar-refractivity contribution in [3.63, 3.8) is 0 Å². The van der Waals surface area contributed by atoms with Crippen molar-refractivity contribution in [3.8, 4) is 11.6 Å². The molecular weight excluding hydrogens is 346 g/mol. The van der Waals surface area contributed by atoms with E-state index >= 15 is 0 Å². The molecule has 1 aliphatic heterocycles. The zero-order valence-electron chi connectivity index (χ0n) is 15.4. The van der Waals surface area contributed by atoms with Crippen molar-refractivity contribution in [2.24, 2.45) is 0 Å². The first-order valence-corrected chi connectivity index (χ1v) is 8.87. The number of aryl methyl sites for hydroxylation is 2. The highest BCUT2D eigenvalue weighted by atomic mass is 16.5. The fourth-order valence-corrected chi connectivity index (χ4v) is 3.23. The first-order chi connectivity index (χ1) is 13.1. The van der Waals surface area contributed by atoms with Crippen LogP contribution in [-0.2, 0) is 9.53 Å². The van der Waals surface area contributed by atoms with Gasteiger partial charge in [-0.15, -0.1) is 0 Å². The standard InChI is InChI=1S/C19H21N5O3/c1-13-7-14(2)9-15(8-13)24-18-16(10-22-24)19(21-12-20-18)27-11-17(25)23-3-5-26-6-4-23/h7-10,12H,3-6,11H2,1-2H3. The molecule has 8 nitrogen and oxygen atoms in total. The Morgan fingerprint density at radius 1 is 1.15 bits per heavy atom. The van der Waals surface area contributed by atoms with Gasteiger partial charge in [-0.05, 0) is 37.1 Å². The van der Waals surface area contributed by atoms with E-state index in [1.165, 1.54) is 6.33 Å². The second-order valence-corrected chi connectivity index (χ2v) is 6.60. The summed E-state index contributed by atoms with van der Waals surface area (Å²) in [6.45, 7) is 6.32. The maximum Gasteiger partial charge on any atom is 0.260 e. The number of amides is 1. The second kappa shape index (κ2) is 7.32. The fourth-order valence-electron chi connectivity index (χ4n) is 3.23. The van der Waals surface area contributed by atoms with Crippen molar-refractivity contribution in [1.82, 2.24) is 24.6 Å². The number of carbonyl (C=O) groups is 1. The van der Waals surface area contributed by atoms with Gasteiger partial charge in [0.05, 0.1) is 25.1 Å². The van der Waals surface area contributed by atoms with Gasteiger partial charge in [0.1, 0.15) is 11.7 Å². The quantitative estimate of drug-likeness (QED) is 0.698. The van der Waals surface area contributed by atoms with Gasteiger partial charge in [-0.1, -0.05) is 6.07 Å². The van der Waals surface area contributed by atoms with Crippen molar-refractivity contribution >= 4 is 16.9 Å². The number of hydrogen-bond donors (Lipinski definition) is 0. The van der Waals surface area contributed by atoms with Crippen LogP contribution < -0.4 is 4.74 Å². The highest BCUT2D eigenvalue weighted by Gasteiger charge is 2.19. The lowest BCUT2D eigenvalue weighted by atomic mass is 10.1. The first-order valence-electron chi connectivity index (χ1n) is 8.87. The Kier molecular flexibility index (Phi) is 4.72. The van der Waals surface area contributed by atoms with E-state index in [0.29, 0.717) is 43.2 Å². The summed E-state index contributed by atoms with van der Waals surface area (Å²) in [5.74, 6) is 0.281. The number of benzene rings is 1. The summed E-state index contributed by atoms with van der Waals surface area (Å²) < 4.78 is 12.7. The fraction of sp³-hybridized carbons (Fsp3) is 0.368. The Balaban J connectivity index is 1.58. The van der Waals surface area contributed by atoms with Crippen molar-refractivity contribution in [2.75, 3.05) is 32.9 Å². The highest BCUT2D eigenvalue weighted by molar-refractivity contribution is 5.82. The molecule has 0 bridgehead atoms. The molecular formula is C19H21N5O3. The van der Waals surface area contributed by atoms with E-state index in [0.717, 1.165) is 16.8 Å². The van der Waals surface area contributed by atoms with Gasteiger partial charge < -0.3 is 14.4 Å². The van der Waals surface area contributed by atoms with Crippen LogP contribution in [0.25, 0.3) is 16.7 Å². The maximum atomic E-state index is 12.3. The Morgan fingerprint density at radius 3 is 2.63 bits per heavy atom. The summed E-state index contributed by atoms with van der Waals surface area (Å²) in [5, 5.41) is 5.12. The molecule has 1 fully saturated rings. The molecule has 0 atom stereocenters. The summed E-state index contributed by atoms with van der Waals surface area (Å²) in [4.78, 5) is 22.6. The third-order valence-electron chi connectivity index (χ3n) is 4.48. The van der Waals surface area contributed by atoms with E-state index in [1.54, 1.807) is 15.8 Å². The third kappa shape index (κ3) is 3.61. The van der Waals surface area contributed by atoms with Crippen molar-refractivity contribution in [2.45, 2.75) is 13.8 Å². The van der Waals surface area contributed by atoms with Crippen molar-refractivity contribution < 1.29 is 14.3 Å². The van der Waals surface area contributed by atoms with E-state index in [2.05, 4.69) is 21.1 Å². The van der Waals surface area contributed by atoms with E-state index in [-0.39, 0.29) is 12.5 Å². The number of hydrogen-bond acceptors (Lipinski definition) is 6. The normalized spacial score (nSPS) is 14.5. The summed E-state index contributed by atoms with van der Waals surface area (Å²) >= 11 is 0. The van der Waals surface area contributed by atoms with Gasteiger partial charge in [-0.25, -0.2) is 14.6 Å². The first kappa shape index (κ1) is 17.4. The van der Waals surface area contributed by atoms with Gasteiger partial charge in [-0.3, -0.25) is 4.79 Å². The van der Waals surface area contributed by atoms with E-state index in [1.807, 2.05) is 26.0 Å². The van der Waals surface area contributed by atoms with Crippen LogP contribution in [0, 0.1) is 13.8 Å². The maximum absolute atomic E-state index is 12.3. The molecule has 3 heterocycles. The van der Waals surface area contributed by atoms with Crippen LogP contribution in [0.1, 0.15) is 11.1 Å². The molecule has 8 heteroatoms. The minimum absolute atomic E-state index is 0.0686. The van der Waals surface area contributed by atoms with Crippen LogP contribution >= 0.6 is 0 Å². The number of nitrogens with zero attached hydrogens (tertiary/aromatic N) is 5. The molecule has 0 aliphatic carbocycles. The molecule has 0 N–H and O–H groups in total. The van der Waals surface area contributed by atoms with Crippen LogP contribution in [-0.4, -0.2) is 63.5 Å². The smallest absolute Gasteiger partial charge is 0.260 e. The number of ether oxygens (including phenoxy) is 2. The molecule has 4 rings (SSSR count). The van der Waals surface area contributed by atoms with Crippen molar-refractivity contribution in [1.29, 1.82) is 0 Å². The zero-order valence-corrected chi connectivity index (χ0v) is 15.4. The molecule has 0 unspecified atom stereocenters. The van der Waals surface area contributed by atoms with Crippen LogP contribution in [0.2, 0.25) is 0 Å². The molecule has 0 saturated carbocycles. The van der Waals surface area contributed by atoms with Gasteiger partial charge in [0.2, 0.25) is 5.88 Å². The van der Waals surface area contributed by atoms with Crippen LogP contribution in [0.4, 0.5) is 0 Å². The number of rotatable bonds is 4. The van der Waals surface area contributed by atoms with Crippen LogP contribution in [0.3, 0.4) is 0 Å². The lowest BCUT2D eigenvalue weighted by molar-refractivity contribution is -0.137. The average molecular weight is 367 g/mol. The highest BCUT2D eigenvalue weighted by Crippen LogP contribution is 2.24. The number of carbonyl (C=O) groups excluding carboxylic acids is 1. The van der Waals surface area contributed by atoms with Gasteiger partial charge in [0, 0.05) is 13.1 Å². The molecule has 1 aromatic carbocycles. The Hall–Kier alpha value is -3.00. The number of morpholine rings is 1. The molecule has 2 aromatic heterocycles. The second-order valence-electron chi connectivity index (χ2n) is 6.60. The lowest BCUT2D eigenvalue weighted by Gasteiger charge is -2.26. The summed E-state index contributed by atoms with van der Waals surface area (Å²) in [6, 6.07) is 6.20. The van der Waals surface area contributed by atoms with Gasteiger partial charge in [0.15, 0.2) is 12.3 Å². The molecule has 0 radical (unpaired) electrons. The number of fused-ring (bicyclic) bond motifs is 1. The summed E-state index contributed by atoms with van der Waals surface area (Å²) in [6.07, 6.45) is 3.10. The predicted octanol–water partition coefficient (Wildman–Crippen LogP) is 1.67. The van der Waals surface area contributed by atoms with E-state index < -0.39 is 0 Å². The topological polar surface area (TPSA) is 82.4 Å². The molecule has 0 spiro atoms. The van der Waals surface area contributed by atoms with Gasteiger partial charge in [-0.2, -0.15) is 5.10 Å². The monoisotopic (exact) mass is 367 g/mol. The minimum Gasteiger partial charge on any atom is -0.467 e. The lowest BCUT2D eigenvalue weighted by Crippen LogP contribution is -2.43. The van der Waals surface area contributed by atoms with Crippen LogP contribution in [0.5, 0.6) is 5.88 Å². The predicted molar refractivity (Wildman–Crippen MR) is 99.0 cm³/mol. The Bertz CT molecular complexity index is 958. The Morgan fingerprint density at radius 2 is 1.89 bits per heavy atom. The molecule has 1 amide bonds. The van der Waals surface area contributed by atoms with E-state index in [4.69, 9.17) is 9.47 Å². The Labute approximate surface area is 156 Å². The summed E-state index contributed by atoms with van der Waals surface area (Å²) in [5.41, 5.74) is 3.87. The third-order valence-corrected chi connectivity index (χ3v) is 4.48. The summed E-state index contributed by atoms with van der Waals surface area (Å²) in [7, 11) is 0. The van der Waals surface area contributed by atoms with Gasteiger partial charge in [0.25, 0.3) is 5.91 Å². The largest absolute Gasteiger partial charge is 0.467 e.